The van der Waals surface area contributed by atoms with Crippen LogP contribution in [-0.4, -0.2) is 87.8 Å². The number of benzene rings is 1. The molecule has 0 amide bonds. The summed E-state index contributed by atoms with van der Waals surface area (Å²) in [6.07, 6.45) is 2.48. The molecule has 0 radical (unpaired) electrons. The van der Waals surface area contributed by atoms with Gasteiger partial charge >= 0.3 is 5.69 Å². The molecule has 1 aromatic carbocycles. The van der Waals surface area contributed by atoms with Crippen LogP contribution in [0.5, 0.6) is 0 Å². The number of nitrogens with zero attached hydrogens (tertiary/aromatic N) is 8. The van der Waals surface area contributed by atoms with Crippen molar-refractivity contribution in [1.29, 1.82) is 0 Å². The minimum atomic E-state index is -2.67. The Kier molecular flexibility index (Phi) is 10.6. The Labute approximate surface area is 241 Å². The van der Waals surface area contributed by atoms with Gasteiger partial charge in [0.2, 0.25) is 5.90 Å². The average Bonchev–Trinajstić information content (AvgIpc) is 3.21. The van der Waals surface area contributed by atoms with Gasteiger partial charge in [0.25, 0.3) is 6.43 Å². The Morgan fingerprint density at radius 3 is 2.48 bits per heavy atom. The fourth-order valence-electron chi connectivity index (χ4n) is 4.47. The fraction of sp³-hybridized carbons (Fsp3) is 0.345. The molecule has 0 saturated carbocycles. The molecule has 0 bridgehead atoms. The van der Waals surface area contributed by atoms with E-state index in [1.165, 1.54) is 65.3 Å². The van der Waals surface area contributed by atoms with Crippen LogP contribution < -0.4 is 5.69 Å². The lowest BCUT2D eigenvalue weighted by molar-refractivity contribution is 0.0765. The van der Waals surface area contributed by atoms with E-state index in [0.29, 0.717) is 22.3 Å². The second-order valence-corrected chi connectivity index (χ2v) is 9.79. The van der Waals surface area contributed by atoms with Gasteiger partial charge in [0.15, 0.2) is 6.61 Å². The quantitative estimate of drug-likeness (QED) is 0.180. The predicted molar refractivity (Wildman–Crippen MR) is 156 cm³/mol. The second-order valence-electron chi connectivity index (χ2n) is 9.79. The Morgan fingerprint density at radius 1 is 1.05 bits per heavy atom. The van der Waals surface area contributed by atoms with Crippen molar-refractivity contribution >= 4 is 23.6 Å². The van der Waals surface area contributed by atoms with E-state index in [9.17, 15) is 18.0 Å². The zero-order valence-electron chi connectivity index (χ0n) is 23.5. The highest BCUT2D eigenvalue weighted by molar-refractivity contribution is 5.93. The van der Waals surface area contributed by atoms with E-state index in [0.717, 1.165) is 6.54 Å². The van der Waals surface area contributed by atoms with Crippen molar-refractivity contribution in [3.05, 3.63) is 94.2 Å². The van der Waals surface area contributed by atoms with Crippen LogP contribution in [-0.2, 0) is 24.9 Å². The summed E-state index contributed by atoms with van der Waals surface area (Å²) in [5, 5.41) is 6.88. The van der Waals surface area contributed by atoms with Crippen LogP contribution in [0.25, 0.3) is 11.0 Å². The number of hydrogen-bond acceptors (Lipinski definition) is 8. The van der Waals surface area contributed by atoms with Crippen LogP contribution in [0.1, 0.15) is 16.8 Å². The summed E-state index contributed by atoms with van der Waals surface area (Å²) in [6, 6.07) is 11.4. The Hall–Kier alpha value is -4.36. The van der Waals surface area contributed by atoms with Gasteiger partial charge in [-0.05, 0) is 49.0 Å². The molecule has 4 aromatic rings. The van der Waals surface area contributed by atoms with Gasteiger partial charge in [-0.2, -0.15) is 5.10 Å². The van der Waals surface area contributed by atoms with E-state index < -0.39 is 18.8 Å². The molecule has 3 aromatic heterocycles. The molecule has 0 unspecified atom stereocenters. The van der Waals surface area contributed by atoms with Gasteiger partial charge in [-0.25, -0.2) is 18.0 Å². The summed E-state index contributed by atoms with van der Waals surface area (Å²) in [5.74, 6) is -0.595. The maximum Gasteiger partial charge on any atom is 0.329 e. The van der Waals surface area contributed by atoms with Gasteiger partial charge < -0.3 is 9.64 Å². The number of likely N-dealkylation sites (N-methyl/N-ethyl adjacent to an activating group) is 1. The summed E-state index contributed by atoms with van der Waals surface area (Å²) in [7, 11) is 3.78. The molecule has 10 nitrogen and oxygen atoms in total. The lowest BCUT2D eigenvalue weighted by Gasteiger charge is -2.32. The smallest absolute Gasteiger partial charge is 0.329 e. The average molecular weight is 583 g/mol. The van der Waals surface area contributed by atoms with Gasteiger partial charge in [0, 0.05) is 65.1 Å². The van der Waals surface area contributed by atoms with Crippen molar-refractivity contribution in [1.82, 2.24) is 28.9 Å². The monoisotopic (exact) mass is 582 g/mol. The van der Waals surface area contributed by atoms with E-state index in [1.807, 2.05) is 18.5 Å². The van der Waals surface area contributed by atoms with Crippen molar-refractivity contribution < 1.29 is 17.9 Å². The molecular weight excluding hydrogens is 549 g/mol. The summed E-state index contributed by atoms with van der Waals surface area (Å²) < 4.78 is 46.0. The molecule has 0 N–H and O–H groups in total. The van der Waals surface area contributed by atoms with E-state index in [4.69, 9.17) is 4.74 Å². The third-order valence-electron chi connectivity index (χ3n) is 6.73. The lowest BCUT2D eigenvalue weighted by Crippen LogP contribution is -2.43. The standard InChI is InChI=1S/C18H16F3N5O2.C11H17N3/c1-22-24-17(28-10-16(20)21)11-3-5-13(23-8-11)9-26-15-7-12(19)4-6-14(15)25(2)18(26)27;1-13-5-7-14(8-6-13)10-11-3-2-4-12-9-11/h3-8,16H,1,9-10H2,2H3;2-4,9H,5-8,10H2,1H3/b24-17-;. The number of fused-ring (bicyclic) bond motifs is 1. The summed E-state index contributed by atoms with van der Waals surface area (Å²) in [4.78, 5) is 25.7. The van der Waals surface area contributed by atoms with Crippen LogP contribution in [0, 0.1) is 5.82 Å². The number of piperazine rings is 1. The molecule has 0 aliphatic carbocycles. The molecule has 5 rings (SSSR count). The highest BCUT2D eigenvalue weighted by atomic mass is 19.3. The molecule has 0 atom stereocenters. The molecule has 1 aliphatic rings. The van der Waals surface area contributed by atoms with E-state index in [2.05, 4.69) is 49.8 Å². The first-order chi connectivity index (χ1) is 20.2. The molecule has 1 aliphatic heterocycles. The predicted octanol–water partition coefficient (Wildman–Crippen LogP) is 3.40. The van der Waals surface area contributed by atoms with Gasteiger partial charge in [-0.1, -0.05) is 6.07 Å². The van der Waals surface area contributed by atoms with Gasteiger partial charge in [-0.3, -0.25) is 24.0 Å². The maximum absolute atomic E-state index is 13.6. The molecule has 0 spiro atoms. The highest BCUT2D eigenvalue weighted by Crippen LogP contribution is 2.16. The summed E-state index contributed by atoms with van der Waals surface area (Å²) >= 11 is 0. The number of halogens is 3. The van der Waals surface area contributed by atoms with Gasteiger partial charge in [0.05, 0.1) is 28.8 Å². The molecule has 13 heteroatoms. The summed E-state index contributed by atoms with van der Waals surface area (Å²) in [5.41, 5.74) is 2.86. The largest absolute Gasteiger partial charge is 0.470 e. The Bertz CT molecular complexity index is 1550. The molecule has 222 valence electrons. The third kappa shape index (κ3) is 8.10. The molecule has 1 saturated heterocycles. The van der Waals surface area contributed by atoms with Crippen LogP contribution >= 0.6 is 0 Å². The minimum Gasteiger partial charge on any atom is -0.470 e. The van der Waals surface area contributed by atoms with E-state index in [-0.39, 0.29) is 18.1 Å². The number of rotatable bonds is 8. The first kappa shape index (κ1) is 30.6. The third-order valence-corrected chi connectivity index (χ3v) is 6.73. The molecule has 42 heavy (non-hydrogen) atoms. The van der Waals surface area contributed by atoms with E-state index in [1.54, 1.807) is 19.2 Å². The maximum atomic E-state index is 13.6. The van der Waals surface area contributed by atoms with Crippen molar-refractivity contribution in [3.63, 3.8) is 0 Å². The van der Waals surface area contributed by atoms with Gasteiger partial charge in [0.1, 0.15) is 5.82 Å². The molecule has 4 heterocycles. The number of hydrogen-bond donors (Lipinski definition) is 0. The van der Waals surface area contributed by atoms with Crippen LogP contribution in [0.3, 0.4) is 0 Å². The van der Waals surface area contributed by atoms with Crippen LogP contribution in [0.15, 0.2) is 76.1 Å². The van der Waals surface area contributed by atoms with Gasteiger partial charge in [-0.15, -0.1) is 5.10 Å². The zero-order chi connectivity index (χ0) is 30.1. The Morgan fingerprint density at radius 2 is 1.83 bits per heavy atom. The number of aromatic nitrogens is 4. The minimum absolute atomic E-state index is 0.101. The SMILES string of the molecule is C=N/N=C(\OCC(F)F)c1ccc(Cn2c(=O)n(C)c3ccc(F)cc32)nc1.CN1CCN(Cc2cccnc2)CC1. The highest BCUT2D eigenvalue weighted by Gasteiger charge is 2.15. The second kappa shape index (κ2) is 14.5. The topological polar surface area (TPSA) is 93.1 Å². The van der Waals surface area contributed by atoms with Crippen molar-refractivity contribution in [2.24, 2.45) is 17.3 Å². The summed E-state index contributed by atoms with van der Waals surface area (Å²) in [6.45, 7) is 8.19. The number of imidazole rings is 1. The zero-order valence-corrected chi connectivity index (χ0v) is 23.5. The first-order valence-corrected chi connectivity index (χ1v) is 13.3. The van der Waals surface area contributed by atoms with Crippen LogP contribution in [0.4, 0.5) is 13.2 Å². The first-order valence-electron chi connectivity index (χ1n) is 13.3. The van der Waals surface area contributed by atoms with E-state index >= 15 is 0 Å². The number of alkyl halides is 2. The van der Waals surface area contributed by atoms with Crippen LogP contribution in [0.2, 0.25) is 0 Å². The molecule has 1 fully saturated rings. The normalized spacial score (nSPS) is 14.6. The Balaban J connectivity index is 0.000000241. The molecular formula is C29H33F3N8O2. The van der Waals surface area contributed by atoms with Crippen molar-refractivity contribution in [3.8, 4) is 0 Å². The lowest BCUT2D eigenvalue weighted by atomic mass is 10.2. The number of ether oxygens (including phenoxy) is 1. The fourth-order valence-corrected chi connectivity index (χ4v) is 4.47. The number of aryl methyl sites for hydroxylation is 1. The van der Waals surface area contributed by atoms with Crippen molar-refractivity contribution in [2.75, 3.05) is 39.8 Å². The number of pyridine rings is 2. The van der Waals surface area contributed by atoms with Crippen molar-refractivity contribution in [2.45, 2.75) is 19.5 Å².